The van der Waals surface area contributed by atoms with E-state index in [-0.39, 0.29) is 5.54 Å². The molecule has 0 aromatic carbocycles. The van der Waals surface area contributed by atoms with Crippen molar-refractivity contribution in [2.45, 2.75) is 25.8 Å². The summed E-state index contributed by atoms with van der Waals surface area (Å²) in [5.41, 5.74) is -0.175. The summed E-state index contributed by atoms with van der Waals surface area (Å²) in [6.45, 7) is 4.11. The first-order valence-corrected chi connectivity index (χ1v) is 6.36. The smallest absolute Gasteiger partial charge is 0.145 e. The number of hydrogen-bond donors (Lipinski definition) is 1. The Kier molecular flexibility index (Phi) is 4.68. The van der Waals surface area contributed by atoms with Gasteiger partial charge in [-0.15, -0.1) is 11.6 Å². The molecule has 84 valence electrons. The van der Waals surface area contributed by atoms with E-state index in [4.69, 9.17) is 23.2 Å². The average Bonchev–Trinajstić information content (AvgIpc) is 2.22. The number of rotatable bonds is 4. The van der Waals surface area contributed by atoms with Gasteiger partial charge in [0.1, 0.15) is 5.82 Å². The minimum absolute atomic E-state index is 0.175. The van der Waals surface area contributed by atoms with Crippen molar-refractivity contribution in [1.29, 1.82) is 0 Å². The van der Waals surface area contributed by atoms with E-state index in [2.05, 4.69) is 33.2 Å². The maximum absolute atomic E-state index is 6.05. The normalized spacial score (nSPS) is 14.7. The lowest BCUT2D eigenvalue weighted by atomic mass is 10.0. The largest absolute Gasteiger partial charge is 0.362 e. The predicted octanol–water partition coefficient (Wildman–Crippen LogP) is 4.32. The lowest BCUT2D eigenvalue weighted by Crippen LogP contribution is -2.36. The van der Waals surface area contributed by atoms with Gasteiger partial charge in [-0.25, -0.2) is 4.98 Å². The summed E-state index contributed by atoms with van der Waals surface area (Å²) in [5.74, 6) is 1.18. The van der Waals surface area contributed by atoms with Crippen LogP contribution < -0.4 is 5.32 Å². The minimum Gasteiger partial charge on any atom is -0.362 e. The second-order valence-electron chi connectivity index (χ2n) is 3.66. The molecule has 0 aliphatic rings. The van der Waals surface area contributed by atoms with Crippen LogP contribution in [0.3, 0.4) is 0 Å². The topological polar surface area (TPSA) is 24.9 Å². The fraction of sp³-hybridized carbons (Fsp3) is 0.500. The molecule has 0 amide bonds. The number of alkyl halides is 1. The number of aromatic nitrogens is 1. The molecule has 0 aliphatic carbocycles. The van der Waals surface area contributed by atoms with Crippen LogP contribution in [0.4, 0.5) is 5.82 Å². The Morgan fingerprint density at radius 2 is 2.27 bits per heavy atom. The molecule has 1 aromatic heterocycles. The summed E-state index contributed by atoms with van der Waals surface area (Å²) in [7, 11) is 0. The molecule has 1 atom stereocenters. The van der Waals surface area contributed by atoms with Gasteiger partial charge in [-0.1, -0.05) is 18.5 Å². The Bertz CT molecular complexity index is 340. The molecule has 1 rings (SSSR count). The molecule has 0 saturated heterocycles. The summed E-state index contributed by atoms with van der Waals surface area (Å²) in [4.78, 5) is 4.21. The van der Waals surface area contributed by atoms with Crippen molar-refractivity contribution in [3.8, 4) is 0 Å². The molecule has 0 aliphatic heterocycles. The second kappa shape index (κ2) is 5.37. The van der Waals surface area contributed by atoms with Crippen LogP contribution in [0.1, 0.15) is 20.3 Å². The zero-order valence-electron chi connectivity index (χ0n) is 8.65. The molecule has 0 fully saturated rings. The van der Waals surface area contributed by atoms with E-state index < -0.39 is 0 Å². The standard InChI is InChI=1S/C10H13BrCl2N2/c1-3-10(2,6-12)15-9-8(13)4-7(11)5-14-9/h4-5H,3,6H2,1-2H3,(H,14,15). The molecule has 1 heterocycles. The lowest BCUT2D eigenvalue weighted by Gasteiger charge is -2.28. The third-order valence-electron chi connectivity index (χ3n) is 2.30. The third kappa shape index (κ3) is 3.51. The average molecular weight is 312 g/mol. The first-order valence-electron chi connectivity index (χ1n) is 4.66. The maximum atomic E-state index is 6.05. The summed E-state index contributed by atoms with van der Waals surface area (Å²) >= 11 is 15.3. The van der Waals surface area contributed by atoms with Gasteiger partial charge in [-0.2, -0.15) is 0 Å². The quantitative estimate of drug-likeness (QED) is 0.838. The zero-order chi connectivity index (χ0) is 11.5. The first-order chi connectivity index (χ1) is 7.00. The van der Waals surface area contributed by atoms with Gasteiger partial charge in [-0.05, 0) is 35.3 Å². The lowest BCUT2D eigenvalue weighted by molar-refractivity contribution is 0.551. The molecule has 0 bridgehead atoms. The third-order valence-corrected chi connectivity index (χ3v) is 3.61. The number of pyridine rings is 1. The number of hydrogen-bond acceptors (Lipinski definition) is 2. The van der Waals surface area contributed by atoms with Crippen LogP contribution in [0.25, 0.3) is 0 Å². The monoisotopic (exact) mass is 310 g/mol. The Hall–Kier alpha value is 0.01000. The van der Waals surface area contributed by atoms with Crippen LogP contribution in [0.2, 0.25) is 5.02 Å². The van der Waals surface area contributed by atoms with E-state index in [0.29, 0.717) is 16.7 Å². The van der Waals surface area contributed by atoms with Gasteiger partial charge in [0, 0.05) is 22.1 Å². The van der Waals surface area contributed by atoms with Crippen molar-refractivity contribution in [1.82, 2.24) is 4.98 Å². The molecule has 5 heteroatoms. The zero-order valence-corrected chi connectivity index (χ0v) is 11.7. The van der Waals surface area contributed by atoms with Gasteiger partial charge in [0.25, 0.3) is 0 Å². The summed E-state index contributed by atoms with van der Waals surface area (Å²) in [6.07, 6.45) is 2.61. The van der Waals surface area contributed by atoms with E-state index >= 15 is 0 Å². The molecule has 1 aromatic rings. The van der Waals surface area contributed by atoms with Crippen LogP contribution in [-0.4, -0.2) is 16.4 Å². The number of halogens is 3. The van der Waals surface area contributed by atoms with Crippen molar-refractivity contribution in [3.05, 3.63) is 21.8 Å². The van der Waals surface area contributed by atoms with E-state index in [1.54, 1.807) is 12.3 Å². The Labute approximate surface area is 108 Å². The van der Waals surface area contributed by atoms with Crippen molar-refractivity contribution >= 4 is 44.9 Å². The molecule has 2 nitrogen and oxygen atoms in total. The fourth-order valence-corrected chi connectivity index (χ4v) is 1.94. The highest BCUT2D eigenvalue weighted by atomic mass is 79.9. The van der Waals surface area contributed by atoms with Crippen molar-refractivity contribution in [2.24, 2.45) is 0 Å². The molecule has 15 heavy (non-hydrogen) atoms. The molecule has 0 saturated carbocycles. The number of anilines is 1. The highest BCUT2D eigenvalue weighted by Gasteiger charge is 2.21. The van der Waals surface area contributed by atoms with Crippen molar-refractivity contribution in [2.75, 3.05) is 11.2 Å². The van der Waals surface area contributed by atoms with Gasteiger partial charge in [0.15, 0.2) is 0 Å². The van der Waals surface area contributed by atoms with Crippen LogP contribution in [0.15, 0.2) is 16.7 Å². The van der Waals surface area contributed by atoms with Crippen LogP contribution >= 0.6 is 39.1 Å². The Morgan fingerprint density at radius 1 is 1.60 bits per heavy atom. The summed E-state index contributed by atoms with van der Waals surface area (Å²) in [5, 5.41) is 3.85. The molecular weight excluding hydrogens is 299 g/mol. The highest BCUT2D eigenvalue weighted by Crippen LogP contribution is 2.27. The molecular formula is C10H13BrCl2N2. The van der Waals surface area contributed by atoms with Gasteiger partial charge in [0.2, 0.25) is 0 Å². The number of nitrogens with zero attached hydrogens (tertiary/aromatic N) is 1. The minimum atomic E-state index is -0.175. The van der Waals surface area contributed by atoms with Gasteiger partial charge < -0.3 is 5.32 Å². The van der Waals surface area contributed by atoms with E-state index in [1.807, 2.05) is 6.92 Å². The maximum Gasteiger partial charge on any atom is 0.145 e. The molecule has 1 N–H and O–H groups in total. The van der Waals surface area contributed by atoms with Crippen LogP contribution in [-0.2, 0) is 0 Å². The molecule has 0 radical (unpaired) electrons. The SMILES string of the molecule is CCC(C)(CCl)Nc1ncc(Br)cc1Cl. The fourth-order valence-electron chi connectivity index (χ4n) is 1.01. The van der Waals surface area contributed by atoms with Crippen LogP contribution in [0.5, 0.6) is 0 Å². The van der Waals surface area contributed by atoms with E-state index in [0.717, 1.165) is 10.9 Å². The Morgan fingerprint density at radius 3 is 2.73 bits per heavy atom. The summed E-state index contributed by atoms with van der Waals surface area (Å²) < 4.78 is 0.863. The van der Waals surface area contributed by atoms with Crippen molar-refractivity contribution in [3.63, 3.8) is 0 Å². The van der Waals surface area contributed by atoms with Gasteiger partial charge >= 0.3 is 0 Å². The van der Waals surface area contributed by atoms with Gasteiger partial charge in [0.05, 0.1) is 5.02 Å². The van der Waals surface area contributed by atoms with Crippen LogP contribution in [0, 0.1) is 0 Å². The molecule has 0 spiro atoms. The highest BCUT2D eigenvalue weighted by molar-refractivity contribution is 9.10. The van der Waals surface area contributed by atoms with E-state index in [9.17, 15) is 0 Å². The van der Waals surface area contributed by atoms with Gasteiger partial charge in [-0.3, -0.25) is 0 Å². The second-order valence-corrected chi connectivity index (χ2v) is 5.25. The molecule has 1 unspecified atom stereocenters. The first kappa shape index (κ1) is 13.1. The van der Waals surface area contributed by atoms with E-state index in [1.165, 1.54) is 0 Å². The predicted molar refractivity (Wildman–Crippen MR) is 70.0 cm³/mol. The number of nitrogens with one attached hydrogen (secondary N) is 1. The van der Waals surface area contributed by atoms with Crippen molar-refractivity contribution < 1.29 is 0 Å². The Balaban J connectivity index is 2.89. The summed E-state index contributed by atoms with van der Waals surface area (Å²) in [6, 6.07) is 1.81.